The van der Waals surface area contributed by atoms with Crippen molar-refractivity contribution >= 4 is 22.6 Å². The summed E-state index contributed by atoms with van der Waals surface area (Å²) >= 11 is 2.27. The van der Waals surface area contributed by atoms with Gasteiger partial charge in [0, 0.05) is 9.99 Å². The minimum atomic E-state index is -0.422. The van der Waals surface area contributed by atoms with Crippen LogP contribution in [-0.4, -0.2) is 5.11 Å². The second-order valence-electron chi connectivity index (χ2n) is 4.44. The first-order valence-electron chi connectivity index (χ1n) is 6.20. The summed E-state index contributed by atoms with van der Waals surface area (Å²) in [7, 11) is 0. The Morgan fingerprint density at radius 1 is 0.944 bits per heavy atom. The summed E-state index contributed by atoms with van der Waals surface area (Å²) in [4.78, 5) is 0. The van der Waals surface area contributed by atoms with Gasteiger partial charge in [0.15, 0.2) is 0 Å². The third kappa shape index (κ3) is 3.56. The lowest BCUT2D eigenvalue weighted by molar-refractivity contribution is 0.178. The quantitative estimate of drug-likeness (QED) is 0.821. The van der Waals surface area contributed by atoms with Gasteiger partial charge in [-0.25, -0.2) is 0 Å². The highest BCUT2D eigenvalue weighted by Crippen LogP contribution is 2.19. The molecule has 1 nitrogen and oxygen atoms in total. The Morgan fingerprint density at radius 2 is 1.50 bits per heavy atom. The lowest BCUT2D eigenvalue weighted by Crippen LogP contribution is -2.01. The van der Waals surface area contributed by atoms with Gasteiger partial charge in [0.2, 0.25) is 0 Å². The minimum Gasteiger partial charge on any atom is -0.388 e. The molecule has 94 valence electrons. The standard InChI is InChI=1S/C16H17IO/c1-2-12-3-5-13(6-4-12)11-16(18)14-7-9-15(17)10-8-14/h3-10,16,18H,2,11H2,1H3. The third-order valence-electron chi connectivity index (χ3n) is 3.12. The van der Waals surface area contributed by atoms with E-state index in [-0.39, 0.29) is 0 Å². The van der Waals surface area contributed by atoms with E-state index in [2.05, 4.69) is 53.8 Å². The van der Waals surface area contributed by atoms with Gasteiger partial charge in [-0.3, -0.25) is 0 Å². The highest BCUT2D eigenvalue weighted by Gasteiger charge is 2.08. The number of benzene rings is 2. The first-order chi connectivity index (χ1) is 8.69. The Kier molecular flexibility index (Phi) is 4.78. The third-order valence-corrected chi connectivity index (χ3v) is 3.83. The monoisotopic (exact) mass is 352 g/mol. The highest BCUT2D eigenvalue weighted by atomic mass is 127. The van der Waals surface area contributed by atoms with Gasteiger partial charge in [-0.05, 0) is 57.8 Å². The van der Waals surface area contributed by atoms with Gasteiger partial charge < -0.3 is 5.11 Å². The molecule has 2 rings (SSSR count). The zero-order chi connectivity index (χ0) is 13.0. The number of aliphatic hydroxyl groups excluding tert-OH is 1. The molecule has 0 aliphatic heterocycles. The van der Waals surface area contributed by atoms with Gasteiger partial charge in [0.25, 0.3) is 0 Å². The molecule has 2 aromatic rings. The van der Waals surface area contributed by atoms with Crippen LogP contribution in [0.2, 0.25) is 0 Å². The summed E-state index contributed by atoms with van der Waals surface area (Å²) in [6.07, 6.45) is 1.30. The fourth-order valence-electron chi connectivity index (χ4n) is 1.94. The molecule has 0 fully saturated rings. The topological polar surface area (TPSA) is 20.2 Å². The summed E-state index contributed by atoms with van der Waals surface area (Å²) < 4.78 is 1.19. The van der Waals surface area contributed by atoms with E-state index in [0.29, 0.717) is 6.42 Å². The fourth-order valence-corrected chi connectivity index (χ4v) is 2.30. The Balaban J connectivity index is 2.05. The number of rotatable bonds is 4. The average molecular weight is 352 g/mol. The van der Waals surface area contributed by atoms with Gasteiger partial charge in [-0.15, -0.1) is 0 Å². The molecule has 0 spiro atoms. The normalized spacial score (nSPS) is 12.4. The Bertz CT molecular complexity index is 488. The predicted octanol–water partition coefficient (Wildman–Crippen LogP) is 4.13. The van der Waals surface area contributed by atoms with Crippen LogP contribution in [-0.2, 0) is 12.8 Å². The molecule has 0 amide bonds. The molecule has 0 aliphatic rings. The van der Waals surface area contributed by atoms with E-state index >= 15 is 0 Å². The zero-order valence-corrected chi connectivity index (χ0v) is 12.6. The molecule has 2 aromatic carbocycles. The van der Waals surface area contributed by atoms with Crippen LogP contribution in [0.25, 0.3) is 0 Å². The second-order valence-corrected chi connectivity index (χ2v) is 5.69. The van der Waals surface area contributed by atoms with Crippen molar-refractivity contribution in [3.05, 3.63) is 68.8 Å². The Morgan fingerprint density at radius 3 is 2.06 bits per heavy atom. The van der Waals surface area contributed by atoms with Gasteiger partial charge in [0.05, 0.1) is 6.10 Å². The molecule has 0 radical (unpaired) electrons. The maximum absolute atomic E-state index is 10.2. The smallest absolute Gasteiger partial charge is 0.0830 e. The van der Waals surface area contributed by atoms with Crippen molar-refractivity contribution in [3.8, 4) is 0 Å². The van der Waals surface area contributed by atoms with Crippen LogP contribution in [0.4, 0.5) is 0 Å². The second kappa shape index (κ2) is 6.34. The molecular weight excluding hydrogens is 335 g/mol. The van der Waals surface area contributed by atoms with Crippen molar-refractivity contribution in [3.63, 3.8) is 0 Å². The van der Waals surface area contributed by atoms with Crippen LogP contribution in [0.15, 0.2) is 48.5 Å². The van der Waals surface area contributed by atoms with E-state index in [1.807, 2.05) is 24.3 Å². The van der Waals surface area contributed by atoms with Crippen LogP contribution in [0.3, 0.4) is 0 Å². The molecule has 0 saturated heterocycles. The number of hydrogen-bond donors (Lipinski definition) is 1. The number of hydrogen-bond acceptors (Lipinski definition) is 1. The molecule has 1 N–H and O–H groups in total. The molecule has 0 heterocycles. The van der Waals surface area contributed by atoms with Crippen LogP contribution in [0, 0.1) is 3.57 Å². The lowest BCUT2D eigenvalue weighted by Gasteiger charge is -2.11. The fraction of sp³-hybridized carbons (Fsp3) is 0.250. The van der Waals surface area contributed by atoms with E-state index in [0.717, 1.165) is 12.0 Å². The maximum atomic E-state index is 10.2. The van der Waals surface area contributed by atoms with E-state index in [4.69, 9.17) is 0 Å². The van der Waals surface area contributed by atoms with E-state index in [1.165, 1.54) is 14.7 Å². The maximum Gasteiger partial charge on any atom is 0.0830 e. The summed E-state index contributed by atoms with van der Waals surface area (Å²) in [5, 5.41) is 10.2. The van der Waals surface area contributed by atoms with Gasteiger partial charge in [-0.2, -0.15) is 0 Å². The summed E-state index contributed by atoms with van der Waals surface area (Å²) in [6.45, 7) is 2.15. The van der Waals surface area contributed by atoms with Crippen molar-refractivity contribution in [2.24, 2.45) is 0 Å². The predicted molar refractivity (Wildman–Crippen MR) is 83.6 cm³/mol. The van der Waals surface area contributed by atoms with Crippen molar-refractivity contribution in [2.75, 3.05) is 0 Å². The summed E-state index contributed by atoms with van der Waals surface area (Å²) in [6, 6.07) is 16.5. The summed E-state index contributed by atoms with van der Waals surface area (Å²) in [5.74, 6) is 0. The van der Waals surface area contributed by atoms with Crippen molar-refractivity contribution in [1.29, 1.82) is 0 Å². The van der Waals surface area contributed by atoms with Crippen LogP contribution < -0.4 is 0 Å². The molecule has 18 heavy (non-hydrogen) atoms. The Hall–Kier alpha value is -0.870. The number of aliphatic hydroxyl groups is 1. The molecular formula is C16H17IO. The average Bonchev–Trinajstić information content (AvgIpc) is 2.40. The summed E-state index contributed by atoms with van der Waals surface area (Å²) in [5.41, 5.74) is 3.50. The van der Waals surface area contributed by atoms with Crippen LogP contribution >= 0.6 is 22.6 Å². The zero-order valence-electron chi connectivity index (χ0n) is 10.4. The lowest BCUT2D eigenvalue weighted by atomic mass is 10.0. The van der Waals surface area contributed by atoms with Gasteiger partial charge >= 0.3 is 0 Å². The van der Waals surface area contributed by atoms with E-state index < -0.39 is 6.10 Å². The Labute approximate surface area is 122 Å². The van der Waals surface area contributed by atoms with Crippen molar-refractivity contribution < 1.29 is 5.11 Å². The first-order valence-corrected chi connectivity index (χ1v) is 7.28. The first kappa shape index (κ1) is 13.6. The van der Waals surface area contributed by atoms with E-state index in [9.17, 15) is 5.11 Å². The van der Waals surface area contributed by atoms with E-state index in [1.54, 1.807) is 0 Å². The number of halogens is 1. The molecule has 0 bridgehead atoms. The molecule has 0 saturated carbocycles. The molecule has 0 aromatic heterocycles. The number of aryl methyl sites for hydroxylation is 1. The van der Waals surface area contributed by atoms with Crippen LogP contribution in [0.1, 0.15) is 29.7 Å². The molecule has 1 atom stereocenters. The van der Waals surface area contributed by atoms with Crippen molar-refractivity contribution in [1.82, 2.24) is 0 Å². The van der Waals surface area contributed by atoms with Crippen LogP contribution in [0.5, 0.6) is 0 Å². The minimum absolute atomic E-state index is 0.422. The molecule has 1 unspecified atom stereocenters. The van der Waals surface area contributed by atoms with Gasteiger partial charge in [-0.1, -0.05) is 43.3 Å². The van der Waals surface area contributed by atoms with Crippen molar-refractivity contribution in [2.45, 2.75) is 25.9 Å². The molecule has 2 heteroatoms. The molecule has 0 aliphatic carbocycles. The SMILES string of the molecule is CCc1ccc(CC(O)c2ccc(I)cc2)cc1. The van der Waals surface area contributed by atoms with Gasteiger partial charge in [0.1, 0.15) is 0 Å². The highest BCUT2D eigenvalue weighted by molar-refractivity contribution is 14.1. The largest absolute Gasteiger partial charge is 0.388 e.